The predicted octanol–water partition coefficient (Wildman–Crippen LogP) is 3.82. The summed E-state index contributed by atoms with van der Waals surface area (Å²) in [6, 6.07) is 0. The number of alkyl halides is 1. The van der Waals surface area contributed by atoms with Crippen molar-refractivity contribution >= 4 is 0 Å². The first kappa shape index (κ1) is 18.1. The van der Waals surface area contributed by atoms with E-state index < -0.39 is 6.80 Å². The highest BCUT2D eigenvalue weighted by Crippen LogP contribution is 2.26. The lowest BCUT2D eigenvalue weighted by atomic mass is 9.93. The molecule has 1 rings (SSSR count). The van der Waals surface area contributed by atoms with Crippen molar-refractivity contribution in [1.29, 1.82) is 0 Å². The van der Waals surface area contributed by atoms with Crippen LogP contribution in [0.25, 0.3) is 0 Å². The van der Waals surface area contributed by atoms with Crippen LogP contribution in [0.1, 0.15) is 27.2 Å². The summed E-state index contributed by atoms with van der Waals surface area (Å²) in [6.45, 7) is 9.51. The van der Waals surface area contributed by atoms with E-state index in [1.807, 2.05) is 38.5 Å². The summed E-state index contributed by atoms with van der Waals surface area (Å²) >= 11 is 0. The van der Waals surface area contributed by atoms with Gasteiger partial charge in [0.15, 0.2) is 6.80 Å². The molecule has 2 N–H and O–H groups in total. The number of hydrogen-bond donors (Lipinski definition) is 2. The van der Waals surface area contributed by atoms with Gasteiger partial charge in [0.25, 0.3) is 0 Å². The van der Waals surface area contributed by atoms with Gasteiger partial charge in [0.05, 0.1) is 0 Å². The molecular formula is C18H28FN3. The van der Waals surface area contributed by atoms with E-state index in [2.05, 4.69) is 42.0 Å². The van der Waals surface area contributed by atoms with E-state index in [9.17, 15) is 4.39 Å². The quantitative estimate of drug-likeness (QED) is 0.527. The van der Waals surface area contributed by atoms with Gasteiger partial charge in [0, 0.05) is 24.5 Å². The van der Waals surface area contributed by atoms with E-state index in [0.717, 1.165) is 23.3 Å². The molecule has 1 aliphatic heterocycles. The van der Waals surface area contributed by atoms with Crippen LogP contribution in [0.2, 0.25) is 0 Å². The second-order valence-electron chi connectivity index (χ2n) is 5.37. The Labute approximate surface area is 134 Å². The zero-order valence-corrected chi connectivity index (χ0v) is 14.1. The molecule has 0 saturated heterocycles. The molecule has 2 unspecified atom stereocenters. The van der Waals surface area contributed by atoms with Crippen LogP contribution >= 0.6 is 0 Å². The van der Waals surface area contributed by atoms with Crippen LogP contribution < -0.4 is 10.6 Å². The van der Waals surface area contributed by atoms with Crippen molar-refractivity contribution in [3.8, 4) is 0 Å². The average molecular weight is 305 g/mol. The molecule has 0 aliphatic carbocycles. The first-order valence-electron chi connectivity index (χ1n) is 7.74. The summed E-state index contributed by atoms with van der Waals surface area (Å²) in [5.74, 6) is 0.250. The lowest BCUT2D eigenvalue weighted by Crippen LogP contribution is -2.38. The summed E-state index contributed by atoms with van der Waals surface area (Å²) in [7, 11) is 2.01. The molecule has 0 aromatic heterocycles. The Morgan fingerprint density at radius 3 is 2.82 bits per heavy atom. The molecule has 122 valence electrons. The highest BCUT2D eigenvalue weighted by molar-refractivity contribution is 5.50. The van der Waals surface area contributed by atoms with Crippen molar-refractivity contribution in [2.75, 3.05) is 13.8 Å². The number of halogens is 1. The van der Waals surface area contributed by atoms with Crippen LogP contribution in [-0.4, -0.2) is 24.9 Å². The van der Waals surface area contributed by atoms with E-state index in [0.29, 0.717) is 0 Å². The van der Waals surface area contributed by atoms with E-state index in [-0.39, 0.29) is 12.1 Å². The van der Waals surface area contributed by atoms with Gasteiger partial charge in [-0.1, -0.05) is 32.6 Å². The standard InChI is InChI=1S/C18H28FN3/c1-6-10-20-17-12-15(9-11-22(17)5)16(8-3)18(21-13-19)14(4)7-2/h6,8-12,14,17,20-21H,3,7,13H2,1-2,4-5H3/b10-6?,18-16+. The lowest BCUT2D eigenvalue weighted by Gasteiger charge is -2.29. The van der Waals surface area contributed by atoms with E-state index >= 15 is 0 Å². The highest BCUT2D eigenvalue weighted by Gasteiger charge is 2.18. The van der Waals surface area contributed by atoms with Gasteiger partial charge in [-0.3, -0.25) is 0 Å². The summed E-state index contributed by atoms with van der Waals surface area (Å²) < 4.78 is 12.9. The first-order chi connectivity index (χ1) is 10.6. The number of hydrogen-bond acceptors (Lipinski definition) is 3. The van der Waals surface area contributed by atoms with Crippen LogP contribution in [0.15, 0.2) is 60.1 Å². The number of nitrogens with zero attached hydrogens (tertiary/aromatic N) is 1. The number of allylic oxidation sites excluding steroid dienone is 6. The van der Waals surface area contributed by atoms with Crippen molar-refractivity contribution in [2.45, 2.75) is 33.4 Å². The molecule has 0 saturated carbocycles. The maximum absolute atomic E-state index is 12.9. The minimum absolute atomic E-state index is 0.0645. The Balaban J connectivity index is 3.20. The molecule has 0 spiro atoms. The minimum Gasteiger partial charge on any atom is -0.368 e. The molecule has 0 aromatic rings. The Morgan fingerprint density at radius 1 is 1.55 bits per heavy atom. The second-order valence-corrected chi connectivity index (χ2v) is 5.37. The Bertz CT molecular complexity index is 489. The molecule has 3 nitrogen and oxygen atoms in total. The molecule has 2 atom stereocenters. The monoisotopic (exact) mass is 305 g/mol. The van der Waals surface area contributed by atoms with Crippen LogP contribution in [-0.2, 0) is 0 Å². The van der Waals surface area contributed by atoms with Crippen LogP contribution in [0.5, 0.6) is 0 Å². The van der Waals surface area contributed by atoms with E-state index in [1.54, 1.807) is 6.08 Å². The zero-order valence-electron chi connectivity index (χ0n) is 14.1. The third-order valence-electron chi connectivity index (χ3n) is 3.87. The van der Waals surface area contributed by atoms with Crippen molar-refractivity contribution in [3.05, 3.63) is 60.1 Å². The summed E-state index contributed by atoms with van der Waals surface area (Å²) in [4.78, 5) is 2.08. The highest BCUT2D eigenvalue weighted by atomic mass is 19.1. The fraction of sp³-hybridized carbons (Fsp3) is 0.444. The third-order valence-corrected chi connectivity index (χ3v) is 3.87. The van der Waals surface area contributed by atoms with E-state index in [4.69, 9.17) is 0 Å². The SMILES string of the molecule is C=C/C(C1=CC(NC=CC)N(C)C=C1)=C(\NCF)C(C)CC. The second kappa shape index (κ2) is 9.13. The number of rotatable bonds is 8. The Kier molecular flexibility index (Phi) is 7.50. The zero-order chi connectivity index (χ0) is 16.5. The molecule has 0 aromatic carbocycles. The Morgan fingerprint density at radius 2 is 2.27 bits per heavy atom. The molecule has 0 amide bonds. The van der Waals surface area contributed by atoms with E-state index in [1.165, 1.54) is 0 Å². The van der Waals surface area contributed by atoms with Crippen molar-refractivity contribution < 1.29 is 4.39 Å². The lowest BCUT2D eigenvalue weighted by molar-refractivity contribution is 0.350. The molecule has 22 heavy (non-hydrogen) atoms. The maximum atomic E-state index is 12.9. The molecule has 1 heterocycles. The van der Waals surface area contributed by atoms with Gasteiger partial charge in [0.2, 0.25) is 0 Å². The van der Waals surface area contributed by atoms with Gasteiger partial charge in [-0.25, -0.2) is 4.39 Å². The van der Waals surface area contributed by atoms with Gasteiger partial charge in [0.1, 0.15) is 6.17 Å². The Hall–Kier alpha value is -1.97. The molecular weight excluding hydrogens is 277 g/mol. The summed E-state index contributed by atoms with van der Waals surface area (Å²) in [5.41, 5.74) is 2.92. The summed E-state index contributed by atoms with van der Waals surface area (Å²) in [5, 5.41) is 6.18. The number of likely N-dealkylation sites (N-methyl/N-ethyl adjacent to an activating group) is 1. The van der Waals surface area contributed by atoms with Crippen LogP contribution in [0.4, 0.5) is 4.39 Å². The van der Waals surface area contributed by atoms with Crippen LogP contribution in [0, 0.1) is 5.92 Å². The van der Waals surface area contributed by atoms with Gasteiger partial charge in [-0.2, -0.15) is 0 Å². The first-order valence-corrected chi connectivity index (χ1v) is 7.74. The van der Waals surface area contributed by atoms with Gasteiger partial charge >= 0.3 is 0 Å². The largest absolute Gasteiger partial charge is 0.368 e. The van der Waals surface area contributed by atoms with Crippen molar-refractivity contribution in [3.63, 3.8) is 0 Å². The number of nitrogens with one attached hydrogen (secondary N) is 2. The van der Waals surface area contributed by atoms with Gasteiger partial charge < -0.3 is 15.5 Å². The van der Waals surface area contributed by atoms with Crippen molar-refractivity contribution in [2.24, 2.45) is 5.92 Å². The molecule has 0 radical (unpaired) electrons. The van der Waals surface area contributed by atoms with Crippen LogP contribution in [0.3, 0.4) is 0 Å². The van der Waals surface area contributed by atoms with Crippen molar-refractivity contribution in [1.82, 2.24) is 15.5 Å². The minimum atomic E-state index is -0.575. The molecule has 0 fully saturated rings. The maximum Gasteiger partial charge on any atom is 0.159 e. The normalized spacial score (nSPS) is 20.5. The average Bonchev–Trinajstić information content (AvgIpc) is 2.54. The predicted molar refractivity (Wildman–Crippen MR) is 92.5 cm³/mol. The fourth-order valence-electron chi connectivity index (χ4n) is 2.37. The topological polar surface area (TPSA) is 27.3 Å². The van der Waals surface area contributed by atoms with Gasteiger partial charge in [-0.15, -0.1) is 0 Å². The molecule has 4 heteroatoms. The third kappa shape index (κ3) is 4.52. The smallest absolute Gasteiger partial charge is 0.159 e. The molecule has 0 bridgehead atoms. The fourth-order valence-corrected chi connectivity index (χ4v) is 2.37. The summed E-state index contributed by atoms with van der Waals surface area (Å²) in [6.07, 6.45) is 12.9. The van der Waals surface area contributed by atoms with Gasteiger partial charge in [-0.05, 0) is 43.2 Å². The molecule has 1 aliphatic rings.